The molecule has 20 heavy (non-hydrogen) atoms. The topological polar surface area (TPSA) is 66.5 Å². The molecular weight excluding hydrogens is 270 g/mol. The van der Waals surface area contributed by atoms with Gasteiger partial charge >= 0.3 is 0 Å². The molecule has 0 bridgehead atoms. The minimum atomic E-state index is 0.783. The van der Waals surface area contributed by atoms with Crippen molar-refractivity contribution in [2.24, 2.45) is 0 Å². The first kappa shape index (κ1) is 13.0. The number of aromatic nitrogens is 4. The molecule has 0 aliphatic rings. The van der Waals surface area contributed by atoms with Crippen LogP contribution in [0.4, 0.5) is 0 Å². The first-order valence-electron chi connectivity index (χ1n) is 6.44. The van der Waals surface area contributed by atoms with Crippen LogP contribution >= 0.6 is 11.3 Å². The molecule has 3 rings (SSSR count). The molecule has 0 saturated carbocycles. The Labute approximate surface area is 121 Å². The minimum Gasteiger partial charge on any atom is -0.312 e. The molecule has 0 fully saturated rings. The quantitative estimate of drug-likeness (QED) is 0.682. The van der Waals surface area contributed by atoms with Crippen LogP contribution in [-0.2, 0) is 13.0 Å². The third-order valence-corrected chi connectivity index (χ3v) is 3.66. The summed E-state index contributed by atoms with van der Waals surface area (Å²) in [5.74, 6) is 0. The van der Waals surface area contributed by atoms with E-state index in [0.717, 1.165) is 42.0 Å². The Bertz CT molecular complexity index is 633. The number of H-pyrrole nitrogens is 1. The number of thiazole rings is 1. The van der Waals surface area contributed by atoms with E-state index >= 15 is 0 Å². The van der Waals surface area contributed by atoms with E-state index in [1.165, 1.54) is 0 Å². The maximum atomic E-state index is 4.27. The van der Waals surface area contributed by atoms with Crippen molar-refractivity contribution in [1.82, 2.24) is 25.5 Å². The van der Waals surface area contributed by atoms with Crippen molar-refractivity contribution >= 4 is 11.3 Å². The lowest BCUT2D eigenvalue weighted by atomic mass is 10.1. The summed E-state index contributed by atoms with van der Waals surface area (Å²) in [4.78, 5) is 8.40. The summed E-state index contributed by atoms with van der Waals surface area (Å²) < 4.78 is 0. The molecule has 2 N–H and O–H groups in total. The molecule has 6 heteroatoms. The van der Waals surface area contributed by atoms with Gasteiger partial charge in [0, 0.05) is 48.4 Å². The van der Waals surface area contributed by atoms with Gasteiger partial charge in [-0.3, -0.25) is 10.1 Å². The van der Waals surface area contributed by atoms with Crippen LogP contribution in [0.15, 0.2) is 41.6 Å². The van der Waals surface area contributed by atoms with Crippen molar-refractivity contribution in [3.8, 4) is 11.3 Å². The lowest BCUT2D eigenvalue weighted by molar-refractivity contribution is 0.682. The molecule has 3 aromatic rings. The smallest absolute Gasteiger partial charge is 0.0794 e. The molecule has 102 valence electrons. The summed E-state index contributed by atoms with van der Waals surface area (Å²) in [6.45, 7) is 1.69. The van der Waals surface area contributed by atoms with E-state index < -0.39 is 0 Å². The molecule has 3 heterocycles. The monoisotopic (exact) mass is 285 g/mol. The Kier molecular flexibility index (Phi) is 4.15. The number of nitrogens with zero attached hydrogens (tertiary/aromatic N) is 3. The fourth-order valence-electron chi connectivity index (χ4n) is 2.01. The Morgan fingerprint density at radius 2 is 2.30 bits per heavy atom. The average molecular weight is 285 g/mol. The lowest BCUT2D eigenvalue weighted by Gasteiger charge is -2.04. The van der Waals surface area contributed by atoms with Crippen LogP contribution in [0.2, 0.25) is 0 Å². The first-order valence-corrected chi connectivity index (χ1v) is 7.38. The third kappa shape index (κ3) is 3.09. The summed E-state index contributed by atoms with van der Waals surface area (Å²) in [5.41, 5.74) is 6.24. The van der Waals surface area contributed by atoms with Gasteiger partial charge in [0.05, 0.1) is 23.1 Å². The summed E-state index contributed by atoms with van der Waals surface area (Å²) >= 11 is 1.63. The fourth-order valence-corrected chi connectivity index (χ4v) is 2.60. The number of hydrogen-bond acceptors (Lipinski definition) is 5. The van der Waals surface area contributed by atoms with Gasteiger partial charge in [0.2, 0.25) is 0 Å². The van der Waals surface area contributed by atoms with Gasteiger partial charge in [0.1, 0.15) is 0 Å². The van der Waals surface area contributed by atoms with Crippen molar-refractivity contribution < 1.29 is 0 Å². The summed E-state index contributed by atoms with van der Waals surface area (Å²) in [6.07, 6.45) is 6.42. The van der Waals surface area contributed by atoms with Crippen LogP contribution in [-0.4, -0.2) is 26.7 Å². The maximum Gasteiger partial charge on any atom is 0.0794 e. The summed E-state index contributed by atoms with van der Waals surface area (Å²) in [6, 6.07) is 3.95. The van der Waals surface area contributed by atoms with E-state index in [2.05, 4.69) is 30.9 Å². The van der Waals surface area contributed by atoms with Gasteiger partial charge in [-0.1, -0.05) is 0 Å². The van der Waals surface area contributed by atoms with Crippen molar-refractivity contribution in [3.63, 3.8) is 0 Å². The molecule has 3 aromatic heterocycles. The fraction of sp³-hybridized carbons (Fsp3) is 0.214. The number of aromatic amines is 1. The van der Waals surface area contributed by atoms with Gasteiger partial charge in [-0.15, -0.1) is 11.3 Å². The van der Waals surface area contributed by atoms with Gasteiger partial charge in [-0.05, 0) is 12.1 Å². The molecule has 0 aliphatic heterocycles. The van der Waals surface area contributed by atoms with Crippen LogP contribution in [0.25, 0.3) is 11.3 Å². The van der Waals surface area contributed by atoms with Crippen molar-refractivity contribution in [2.45, 2.75) is 13.0 Å². The molecule has 0 aliphatic carbocycles. The summed E-state index contributed by atoms with van der Waals surface area (Å²) in [5, 5.41) is 12.7. The standard InChI is InChI=1S/C14H15N5S/c1-2-11(6-15-4-1)14-12(8-18-19-14)7-16-5-3-13-9-20-10-17-13/h1-2,4,6,8-10,16H,3,5,7H2,(H,18,19). The van der Waals surface area contributed by atoms with Crippen molar-refractivity contribution in [2.75, 3.05) is 6.54 Å². The average Bonchev–Trinajstić information content (AvgIpc) is 3.16. The molecular formula is C14H15N5S. The minimum absolute atomic E-state index is 0.783. The van der Waals surface area contributed by atoms with E-state index in [-0.39, 0.29) is 0 Å². The summed E-state index contributed by atoms with van der Waals surface area (Å²) in [7, 11) is 0. The van der Waals surface area contributed by atoms with Crippen molar-refractivity contribution in [1.29, 1.82) is 0 Å². The first-order chi connectivity index (χ1) is 9.93. The molecule has 0 spiro atoms. The van der Waals surface area contributed by atoms with E-state index in [1.807, 2.05) is 30.0 Å². The van der Waals surface area contributed by atoms with E-state index in [0.29, 0.717) is 0 Å². The van der Waals surface area contributed by atoms with Gasteiger partial charge in [-0.2, -0.15) is 5.10 Å². The molecule has 0 atom stereocenters. The Hall–Kier alpha value is -2.05. The van der Waals surface area contributed by atoms with Gasteiger partial charge < -0.3 is 5.32 Å². The lowest BCUT2D eigenvalue weighted by Crippen LogP contribution is -2.16. The SMILES string of the molecule is c1cncc(-c2[nH]ncc2CNCCc2cscn2)c1. The van der Waals surface area contributed by atoms with Gasteiger partial charge in [0.25, 0.3) is 0 Å². The maximum absolute atomic E-state index is 4.27. The van der Waals surface area contributed by atoms with Crippen LogP contribution < -0.4 is 5.32 Å². The second-order valence-corrected chi connectivity index (χ2v) is 5.14. The third-order valence-electron chi connectivity index (χ3n) is 3.02. The van der Waals surface area contributed by atoms with Crippen LogP contribution in [0.5, 0.6) is 0 Å². The van der Waals surface area contributed by atoms with Gasteiger partial charge in [0.15, 0.2) is 0 Å². The molecule has 5 nitrogen and oxygen atoms in total. The second-order valence-electron chi connectivity index (χ2n) is 4.42. The van der Waals surface area contributed by atoms with Crippen LogP contribution in [0.3, 0.4) is 0 Å². The molecule has 0 radical (unpaired) electrons. The second kappa shape index (κ2) is 6.40. The molecule has 0 saturated heterocycles. The molecule has 0 amide bonds. The van der Waals surface area contributed by atoms with Gasteiger partial charge in [-0.25, -0.2) is 4.98 Å². The van der Waals surface area contributed by atoms with Crippen LogP contribution in [0.1, 0.15) is 11.3 Å². The molecule has 0 aromatic carbocycles. The highest BCUT2D eigenvalue weighted by atomic mass is 32.1. The Morgan fingerprint density at radius 1 is 1.30 bits per heavy atom. The number of pyridine rings is 1. The zero-order chi connectivity index (χ0) is 13.6. The Morgan fingerprint density at radius 3 is 3.10 bits per heavy atom. The predicted octanol–water partition coefficient (Wildman–Crippen LogP) is 2.26. The highest BCUT2D eigenvalue weighted by molar-refractivity contribution is 7.07. The number of rotatable bonds is 6. The highest BCUT2D eigenvalue weighted by Crippen LogP contribution is 2.19. The van der Waals surface area contributed by atoms with E-state index in [1.54, 1.807) is 17.5 Å². The number of nitrogens with one attached hydrogen (secondary N) is 2. The van der Waals surface area contributed by atoms with Crippen LogP contribution in [0, 0.1) is 0 Å². The largest absolute Gasteiger partial charge is 0.312 e. The van der Waals surface area contributed by atoms with E-state index in [4.69, 9.17) is 0 Å². The predicted molar refractivity (Wildman–Crippen MR) is 79.3 cm³/mol. The Balaban J connectivity index is 1.57. The number of hydrogen-bond donors (Lipinski definition) is 2. The van der Waals surface area contributed by atoms with E-state index in [9.17, 15) is 0 Å². The highest BCUT2D eigenvalue weighted by Gasteiger charge is 2.07. The molecule has 0 unspecified atom stereocenters. The van der Waals surface area contributed by atoms with Crippen molar-refractivity contribution in [3.05, 3.63) is 52.9 Å². The normalized spacial score (nSPS) is 10.8. The zero-order valence-corrected chi connectivity index (χ0v) is 11.7. The zero-order valence-electron chi connectivity index (χ0n) is 10.9.